The summed E-state index contributed by atoms with van der Waals surface area (Å²) in [6.45, 7) is 3.89. The Morgan fingerprint density at radius 1 is 1.45 bits per heavy atom. The Morgan fingerprint density at radius 3 is 2.75 bits per heavy atom. The van der Waals surface area contributed by atoms with Gasteiger partial charge in [0.2, 0.25) is 5.78 Å². The first-order chi connectivity index (χ1) is 9.45. The van der Waals surface area contributed by atoms with Gasteiger partial charge >= 0.3 is 0 Å². The highest BCUT2D eigenvalue weighted by molar-refractivity contribution is 9.10. The maximum absolute atomic E-state index is 12.7. The van der Waals surface area contributed by atoms with Crippen LogP contribution in [-0.2, 0) is 0 Å². The molecule has 0 saturated carbocycles. The van der Waals surface area contributed by atoms with Crippen LogP contribution in [0.15, 0.2) is 28.9 Å². The molecule has 0 aliphatic heterocycles. The summed E-state index contributed by atoms with van der Waals surface area (Å²) in [6.07, 6.45) is 1.49. The summed E-state index contributed by atoms with van der Waals surface area (Å²) in [4.78, 5) is 12.7. The van der Waals surface area contributed by atoms with E-state index in [1.54, 1.807) is 30.0 Å². The van der Waals surface area contributed by atoms with Crippen LogP contribution >= 0.6 is 27.5 Å². The average molecular weight is 358 g/mol. The molecule has 0 bridgehead atoms. The van der Waals surface area contributed by atoms with E-state index < -0.39 is 0 Å². The molecule has 0 aliphatic carbocycles. The topological polar surface area (TPSA) is 44.1 Å². The second-order valence-corrected chi connectivity index (χ2v) is 5.82. The van der Waals surface area contributed by atoms with Crippen molar-refractivity contribution in [1.29, 1.82) is 0 Å². The number of benzene rings is 1. The van der Waals surface area contributed by atoms with Gasteiger partial charge in [-0.15, -0.1) is 0 Å². The van der Waals surface area contributed by atoms with Gasteiger partial charge in [0.1, 0.15) is 11.4 Å². The van der Waals surface area contributed by atoms with Crippen molar-refractivity contribution in [2.75, 3.05) is 7.11 Å². The largest absolute Gasteiger partial charge is 0.497 e. The van der Waals surface area contributed by atoms with Crippen LogP contribution < -0.4 is 4.74 Å². The van der Waals surface area contributed by atoms with E-state index in [4.69, 9.17) is 16.3 Å². The fourth-order valence-corrected chi connectivity index (χ4v) is 2.52. The number of carbonyl (C=O) groups is 1. The van der Waals surface area contributed by atoms with Crippen molar-refractivity contribution in [3.63, 3.8) is 0 Å². The number of hydrogen-bond donors (Lipinski definition) is 0. The van der Waals surface area contributed by atoms with Gasteiger partial charge in [0.25, 0.3) is 0 Å². The molecule has 4 nitrogen and oxygen atoms in total. The van der Waals surface area contributed by atoms with Crippen LogP contribution in [-0.4, -0.2) is 22.7 Å². The number of hydrogen-bond acceptors (Lipinski definition) is 3. The third-order valence-corrected chi connectivity index (χ3v) is 3.84. The van der Waals surface area contributed by atoms with E-state index in [1.165, 1.54) is 6.20 Å². The summed E-state index contributed by atoms with van der Waals surface area (Å²) in [7, 11) is 1.56. The third kappa shape index (κ3) is 2.74. The molecule has 1 aromatic heterocycles. The first kappa shape index (κ1) is 15.1. The molecular formula is C14H14BrClN2O2. The highest BCUT2D eigenvalue weighted by Gasteiger charge is 2.22. The van der Waals surface area contributed by atoms with Gasteiger partial charge in [0.15, 0.2) is 0 Å². The zero-order valence-corrected chi connectivity index (χ0v) is 13.7. The van der Waals surface area contributed by atoms with E-state index in [2.05, 4.69) is 21.0 Å². The Kier molecular flexibility index (Phi) is 4.50. The van der Waals surface area contributed by atoms with Crippen molar-refractivity contribution in [2.24, 2.45) is 0 Å². The predicted molar refractivity (Wildman–Crippen MR) is 81.7 cm³/mol. The number of ketones is 1. The van der Waals surface area contributed by atoms with Crippen LogP contribution in [0.4, 0.5) is 0 Å². The lowest BCUT2D eigenvalue weighted by atomic mass is 10.1. The molecule has 106 valence electrons. The van der Waals surface area contributed by atoms with Crippen LogP contribution in [0.25, 0.3) is 0 Å². The lowest BCUT2D eigenvalue weighted by Gasteiger charge is -2.12. The number of carbonyl (C=O) groups excluding carboxylic acids is 1. The van der Waals surface area contributed by atoms with Crippen LogP contribution in [0.3, 0.4) is 0 Å². The number of nitrogens with zero attached hydrogens (tertiary/aromatic N) is 2. The summed E-state index contributed by atoms with van der Waals surface area (Å²) >= 11 is 9.49. The molecule has 2 aromatic rings. The van der Waals surface area contributed by atoms with Crippen molar-refractivity contribution < 1.29 is 9.53 Å². The Labute approximate surface area is 130 Å². The summed E-state index contributed by atoms with van der Waals surface area (Å²) in [5, 5.41) is 4.50. The number of rotatable bonds is 4. The highest BCUT2D eigenvalue weighted by atomic mass is 79.9. The lowest BCUT2D eigenvalue weighted by Crippen LogP contribution is -2.14. The molecule has 0 radical (unpaired) electrons. The summed E-state index contributed by atoms with van der Waals surface area (Å²) in [5.74, 6) is 0.426. The minimum absolute atomic E-state index is 0.0471. The van der Waals surface area contributed by atoms with Crippen molar-refractivity contribution in [3.05, 3.63) is 45.1 Å². The third-order valence-electron chi connectivity index (χ3n) is 2.87. The Balaban J connectivity index is 2.54. The molecule has 20 heavy (non-hydrogen) atoms. The van der Waals surface area contributed by atoms with Gasteiger partial charge in [-0.25, -0.2) is 0 Å². The number of methoxy groups -OCH3 is 1. The van der Waals surface area contributed by atoms with Gasteiger partial charge in [-0.2, -0.15) is 5.10 Å². The first-order valence-corrected chi connectivity index (χ1v) is 7.24. The van der Waals surface area contributed by atoms with E-state index in [1.807, 2.05) is 13.8 Å². The molecule has 0 aliphatic rings. The molecule has 1 aromatic carbocycles. The van der Waals surface area contributed by atoms with Crippen molar-refractivity contribution in [2.45, 2.75) is 19.9 Å². The molecule has 0 amide bonds. The standard InChI is InChI=1S/C14H14BrClN2O2/c1-8(2)18-13(12(16)7-17-18)14(19)10-6-9(20-3)4-5-11(10)15/h4-8H,1-3H3. The number of aromatic nitrogens is 2. The van der Waals surface area contributed by atoms with Crippen molar-refractivity contribution >= 4 is 33.3 Å². The molecule has 1 heterocycles. The van der Waals surface area contributed by atoms with Crippen LogP contribution in [0.2, 0.25) is 5.02 Å². The minimum atomic E-state index is -0.188. The zero-order chi connectivity index (χ0) is 14.9. The van der Waals surface area contributed by atoms with Crippen LogP contribution in [0.5, 0.6) is 5.75 Å². The normalized spacial score (nSPS) is 10.9. The van der Waals surface area contributed by atoms with E-state index in [0.717, 1.165) is 0 Å². The zero-order valence-electron chi connectivity index (χ0n) is 11.4. The summed E-state index contributed by atoms with van der Waals surface area (Å²) in [6, 6.07) is 5.28. The predicted octanol–water partition coefficient (Wildman–Crippen LogP) is 4.12. The molecule has 0 unspecified atom stereocenters. The van der Waals surface area contributed by atoms with E-state index in [9.17, 15) is 4.79 Å². The van der Waals surface area contributed by atoms with Gasteiger partial charge in [-0.05, 0) is 32.0 Å². The van der Waals surface area contributed by atoms with Gasteiger partial charge in [0, 0.05) is 16.1 Å². The van der Waals surface area contributed by atoms with Crippen LogP contribution in [0, 0.1) is 0 Å². The molecule has 0 atom stereocenters. The molecule has 0 spiro atoms. The van der Waals surface area contributed by atoms with Gasteiger partial charge in [0.05, 0.1) is 18.3 Å². The van der Waals surface area contributed by atoms with Crippen LogP contribution in [0.1, 0.15) is 35.9 Å². The fraction of sp³-hybridized carbons (Fsp3) is 0.286. The molecule has 0 N–H and O–H groups in total. The quantitative estimate of drug-likeness (QED) is 0.773. The fourth-order valence-electron chi connectivity index (χ4n) is 1.88. The second-order valence-electron chi connectivity index (χ2n) is 4.55. The SMILES string of the molecule is COc1ccc(Br)c(C(=O)c2c(Cl)cnn2C(C)C)c1. The monoisotopic (exact) mass is 356 g/mol. The number of ether oxygens (including phenoxy) is 1. The van der Waals surface area contributed by atoms with E-state index in [-0.39, 0.29) is 11.8 Å². The van der Waals surface area contributed by atoms with Gasteiger partial charge in [-0.1, -0.05) is 27.5 Å². The molecule has 2 rings (SSSR count). The van der Waals surface area contributed by atoms with Gasteiger partial charge in [-0.3, -0.25) is 9.48 Å². The Morgan fingerprint density at radius 2 is 2.15 bits per heavy atom. The second kappa shape index (κ2) is 5.97. The highest BCUT2D eigenvalue weighted by Crippen LogP contribution is 2.28. The maximum atomic E-state index is 12.7. The smallest absolute Gasteiger partial charge is 0.213 e. The first-order valence-electron chi connectivity index (χ1n) is 6.07. The van der Waals surface area contributed by atoms with Gasteiger partial charge < -0.3 is 4.74 Å². The average Bonchev–Trinajstić information content (AvgIpc) is 2.80. The Hall–Kier alpha value is -1.33. The number of halogens is 2. The summed E-state index contributed by atoms with van der Waals surface area (Å²) in [5.41, 5.74) is 0.879. The minimum Gasteiger partial charge on any atom is -0.497 e. The molecule has 0 saturated heterocycles. The summed E-state index contributed by atoms with van der Waals surface area (Å²) < 4.78 is 7.47. The van der Waals surface area contributed by atoms with Crippen molar-refractivity contribution in [3.8, 4) is 5.75 Å². The molecular weight excluding hydrogens is 344 g/mol. The lowest BCUT2D eigenvalue weighted by molar-refractivity contribution is 0.102. The van der Waals surface area contributed by atoms with E-state index in [0.29, 0.717) is 26.5 Å². The van der Waals surface area contributed by atoms with Crippen molar-refractivity contribution in [1.82, 2.24) is 9.78 Å². The maximum Gasteiger partial charge on any atom is 0.213 e. The molecule has 0 fully saturated rings. The molecule has 6 heteroatoms. The Bertz CT molecular complexity index is 653. The van der Waals surface area contributed by atoms with E-state index >= 15 is 0 Å².